The fourth-order valence-electron chi connectivity index (χ4n) is 1.74. The van der Waals surface area contributed by atoms with Gasteiger partial charge in [0, 0.05) is 19.3 Å². The molecule has 0 aliphatic carbocycles. The number of pyridine rings is 1. The minimum Gasteiger partial charge on any atom is -0.396 e. The number of rotatable bonds is 1. The second kappa shape index (κ2) is 3.24. The van der Waals surface area contributed by atoms with Crippen molar-refractivity contribution in [1.29, 1.82) is 0 Å². The summed E-state index contributed by atoms with van der Waals surface area (Å²) in [5.41, 5.74) is 7.92. The highest BCUT2D eigenvalue weighted by Crippen LogP contribution is 2.25. The number of nitrogen functional groups attached to an aromatic ring is 1. The lowest BCUT2D eigenvalue weighted by atomic mass is 10.2. The van der Waals surface area contributed by atoms with E-state index >= 15 is 0 Å². The molecule has 1 aromatic rings. The van der Waals surface area contributed by atoms with Gasteiger partial charge in [0.05, 0.1) is 5.69 Å². The molecule has 1 aromatic heterocycles. The molecule has 0 bridgehead atoms. The van der Waals surface area contributed by atoms with E-state index < -0.39 is 0 Å². The van der Waals surface area contributed by atoms with Crippen LogP contribution >= 0.6 is 0 Å². The molecule has 0 unspecified atom stereocenters. The van der Waals surface area contributed by atoms with Crippen molar-refractivity contribution in [3.63, 3.8) is 0 Å². The minimum absolute atomic E-state index is 0.837. The molecule has 3 heteroatoms. The first-order chi connectivity index (χ1) is 6.29. The summed E-state index contributed by atoms with van der Waals surface area (Å²) in [6, 6.07) is 1.95. The summed E-state index contributed by atoms with van der Waals surface area (Å²) in [5.74, 6) is 0.970. The maximum Gasteiger partial charge on any atom is 0.152 e. The summed E-state index contributed by atoms with van der Waals surface area (Å²) in [4.78, 5) is 6.59. The second-order valence-electron chi connectivity index (χ2n) is 3.56. The Kier molecular flexibility index (Phi) is 2.08. The van der Waals surface area contributed by atoms with Gasteiger partial charge in [-0.3, -0.25) is 0 Å². The van der Waals surface area contributed by atoms with Gasteiger partial charge in [0.25, 0.3) is 0 Å². The zero-order valence-electron chi connectivity index (χ0n) is 7.95. The first kappa shape index (κ1) is 8.35. The van der Waals surface area contributed by atoms with Gasteiger partial charge in [-0.2, -0.15) is 0 Å². The van der Waals surface area contributed by atoms with Crippen LogP contribution in [-0.2, 0) is 0 Å². The molecule has 2 heterocycles. The lowest BCUT2D eigenvalue weighted by Crippen LogP contribution is -2.20. The summed E-state index contributed by atoms with van der Waals surface area (Å²) in [6.45, 7) is 4.22. The molecule has 1 aliphatic heterocycles. The van der Waals surface area contributed by atoms with E-state index in [1.807, 2.05) is 19.2 Å². The molecule has 3 nitrogen and oxygen atoms in total. The molecule has 13 heavy (non-hydrogen) atoms. The van der Waals surface area contributed by atoms with Gasteiger partial charge in [-0.25, -0.2) is 4.98 Å². The Morgan fingerprint density at radius 2 is 2.08 bits per heavy atom. The number of aryl methyl sites for hydroxylation is 1. The van der Waals surface area contributed by atoms with Crippen molar-refractivity contribution in [3.05, 3.63) is 17.8 Å². The summed E-state index contributed by atoms with van der Waals surface area (Å²) in [6.07, 6.45) is 4.35. The minimum atomic E-state index is 0.837. The first-order valence-corrected chi connectivity index (χ1v) is 4.75. The van der Waals surface area contributed by atoms with Crippen LogP contribution in [0, 0.1) is 6.92 Å². The van der Waals surface area contributed by atoms with Gasteiger partial charge in [0.2, 0.25) is 0 Å². The highest BCUT2D eigenvalue weighted by atomic mass is 15.2. The number of nitrogens with two attached hydrogens (primary N) is 1. The zero-order chi connectivity index (χ0) is 9.26. The molecular weight excluding hydrogens is 162 g/mol. The van der Waals surface area contributed by atoms with Crippen LogP contribution < -0.4 is 10.6 Å². The van der Waals surface area contributed by atoms with Crippen LogP contribution in [0.4, 0.5) is 11.5 Å². The fourth-order valence-corrected chi connectivity index (χ4v) is 1.74. The Balaban J connectivity index is 2.33. The Morgan fingerprint density at radius 3 is 2.77 bits per heavy atom. The predicted octanol–water partition coefficient (Wildman–Crippen LogP) is 1.57. The van der Waals surface area contributed by atoms with Gasteiger partial charge in [-0.1, -0.05) is 0 Å². The van der Waals surface area contributed by atoms with Crippen molar-refractivity contribution in [2.75, 3.05) is 23.7 Å². The largest absolute Gasteiger partial charge is 0.396 e. The van der Waals surface area contributed by atoms with Crippen molar-refractivity contribution < 1.29 is 0 Å². The summed E-state index contributed by atoms with van der Waals surface area (Å²) in [7, 11) is 0. The van der Waals surface area contributed by atoms with Crippen molar-refractivity contribution >= 4 is 11.5 Å². The third kappa shape index (κ3) is 1.46. The molecule has 0 atom stereocenters. The molecule has 1 saturated heterocycles. The van der Waals surface area contributed by atoms with E-state index in [2.05, 4.69) is 9.88 Å². The quantitative estimate of drug-likeness (QED) is 0.708. The Bertz CT molecular complexity index is 303. The molecule has 0 amide bonds. The van der Waals surface area contributed by atoms with Gasteiger partial charge in [-0.05, 0) is 31.4 Å². The molecule has 70 valence electrons. The lowest BCUT2D eigenvalue weighted by molar-refractivity contribution is 0.938. The van der Waals surface area contributed by atoms with Crippen LogP contribution in [-0.4, -0.2) is 18.1 Å². The predicted molar refractivity (Wildman–Crippen MR) is 54.8 cm³/mol. The fraction of sp³-hybridized carbons (Fsp3) is 0.500. The summed E-state index contributed by atoms with van der Waals surface area (Å²) >= 11 is 0. The van der Waals surface area contributed by atoms with Gasteiger partial charge in [0.1, 0.15) is 0 Å². The highest BCUT2D eigenvalue weighted by Gasteiger charge is 2.16. The normalized spacial score (nSPS) is 16.5. The van der Waals surface area contributed by atoms with E-state index in [1.54, 1.807) is 0 Å². The van der Waals surface area contributed by atoms with Crippen LogP contribution in [0.25, 0.3) is 0 Å². The van der Waals surface area contributed by atoms with Crippen LogP contribution in [0.5, 0.6) is 0 Å². The van der Waals surface area contributed by atoms with Gasteiger partial charge in [0.15, 0.2) is 5.82 Å². The molecule has 1 fully saturated rings. The number of hydrogen-bond donors (Lipinski definition) is 1. The van der Waals surface area contributed by atoms with E-state index in [4.69, 9.17) is 5.73 Å². The monoisotopic (exact) mass is 177 g/mol. The van der Waals surface area contributed by atoms with Crippen molar-refractivity contribution in [2.45, 2.75) is 19.8 Å². The average molecular weight is 177 g/mol. The Labute approximate surface area is 78.6 Å². The summed E-state index contributed by atoms with van der Waals surface area (Å²) in [5, 5.41) is 0. The number of anilines is 2. The van der Waals surface area contributed by atoms with Crippen molar-refractivity contribution in [3.8, 4) is 0 Å². The molecule has 2 N–H and O–H groups in total. The Hall–Kier alpha value is -1.25. The molecule has 1 aliphatic rings. The second-order valence-corrected chi connectivity index (χ2v) is 3.56. The average Bonchev–Trinajstić information content (AvgIpc) is 2.62. The maximum atomic E-state index is 5.96. The van der Waals surface area contributed by atoms with E-state index in [-0.39, 0.29) is 0 Å². The standard InChI is InChI=1S/C10H15N3/c1-8-4-5-12-10(9(8)11)13-6-2-3-7-13/h4-5H,2-3,6-7,11H2,1H3. The van der Waals surface area contributed by atoms with Crippen LogP contribution in [0.2, 0.25) is 0 Å². The van der Waals surface area contributed by atoms with E-state index in [1.165, 1.54) is 12.8 Å². The summed E-state index contributed by atoms with van der Waals surface area (Å²) < 4.78 is 0. The van der Waals surface area contributed by atoms with Crippen molar-refractivity contribution in [2.24, 2.45) is 0 Å². The molecule has 2 rings (SSSR count). The van der Waals surface area contributed by atoms with Crippen molar-refractivity contribution in [1.82, 2.24) is 4.98 Å². The van der Waals surface area contributed by atoms with E-state index in [0.29, 0.717) is 0 Å². The lowest BCUT2D eigenvalue weighted by Gasteiger charge is -2.18. The van der Waals surface area contributed by atoms with Gasteiger partial charge >= 0.3 is 0 Å². The molecule has 0 spiro atoms. The third-order valence-electron chi connectivity index (χ3n) is 2.59. The molecule has 0 aromatic carbocycles. The van der Waals surface area contributed by atoms with E-state index in [0.717, 1.165) is 30.2 Å². The maximum absolute atomic E-state index is 5.96. The van der Waals surface area contributed by atoms with Gasteiger partial charge in [-0.15, -0.1) is 0 Å². The SMILES string of the molecule is Cc1ccnc(N2CCCC2)c1N. The third-order valence-corrected chi connectivity index (χ3v) is 2.59. The highest BCUT2D eigenvalue weighted by molar-refractivity contribution is 5.66. The topological polar surface area (TPSA) is 42.2 Å². The van der Waals surface area contributed by atoms with Crippen LogP contribution in [0.1, 0.15) is 18.4 Å². The number of aromatic nitrogens is 1. The van der Waals surface area contributed by atoms with E-state index in [9.17, 15) is 0 Å². The molecular formula is C10H15N3. The number of nitrogens with zero attached hydrogens (tertiary/aromatic N) is 2. The first-order valence-electron chi connectivity index (χ1n) is 4.75. The van der Waals surface area contributed by atoms with Crippen LogP contribution in [0.15, 0.2) is 12.3 Å². The number of hydrogen-bond acceptors (Lipinski definition) is 3. The molecule has 0 radical (unpaired) electrons. The van der Waals surface area contributed by atoms with Crippen LogP contribution in [0.3, 0.4) is 0 Å². The molecule has 0 saturated carbocycles. The van der Waals surface area contributed by atoms with Gasteiger partial charge < -0.3 is 10.6 Å². The Morgan fingerprint density at radius 1 is 1.38 bits per heavy atom. The smallest absolute Gasteiger partial charge is 0.152 e. The zero-order valence-corrected chi connectivity index (χ0v) is 7.95.